The first-order valence-corrected chi connectivity index (χ1v) is 9.32. The van der Waals surface area contributed by atoms with Crippen LogP contribution >= 0.6 is 24.0 Å². The highest BCUT2D eigenvalue weighted by atomic mass is 35.5. The van der Waals surface area contributed by atoms with Crippen molar-refractivity contribution in [3.05, 3.63) is 57.4 Å². The van der Waals surface area contributed by atoms with Crippen LogP contribution in [0.15, 0.2) is 46.8 Å². The molecule has 0 radical (unpaired) electrons. The van der Waals surface area contributed by atoms with Crippen molar-refractivity contribution in [3.8, 4) is 0 Å². The average Bonchev–Trinajstić information content (AvgIpc) is 2.67. The first-order chi connectivity index (χ1) is 13.5. The SMILES string of the molecule is CCOC(=O)C1=C(COCCN)NC(C)=C(C(=O)OC)C1c1ccccc1Cl.Cl. The summed E-state index contributed by atoms with van der Waals surface area (Å²) in [5.41, 5.74) is 7.70. The van der Waals surface area contributed by atoms with Gasteiger partial charge in [-0.05, 0) is 25.5 Å². The molecule has 1 unspecified atom stereocenters. The number of allylic oxidation sites excluding steroid dienone is 1. The predicted molar refractivity (Wildman–Crippen MR) is 113 cm³/mol. The molecule has 0 fully saturated rings. The Morgan fingerprint density at radius 1 is 1.21 bits per heavy atom. The molecule has 0 aromatic heterocycles. The maximum atomic E-state index is 12.9. The van der Waals surface area contributed by atoms with Gasteiger partial charge < -0.3 is 25.3 Å². The molecular weight excluding hydrogens is 419 g/mol. The quantitative estimate of drug-likeness (QED) is 0.469. The van der Waals surface area contributed by atoms with E-state index in [4.69, 9.17) is 31.5 Å². The van der Waals surface area contributed by atoms with Gasteiger partial charge in [0, 0.05) is 17.3 Å². The summed E-state index contributed by atoms with van der Waals surface area (Å²) < 4.78 is 15.8. The van der Waals surface area contributed by atoms with Crippen LogP contribution in [0.1, 0.15) is 25.3 Å². The van der Waals surface area contributed by atoms with E-state index in [-0.39, 0.29) is 31.2 Å². The molecule has 1 aromatic carbocycles. The molecule has 1 aliphatic rings. The second kappa shape index (κ2) is 11.8. The van der Waals surface area contributed by atoms with Gasteiger partial charge in [0.2, 0.25) is 0 Å². The summed E-state index contributed by atoms with van der Waals surface area (Å²) in [5, 5.41) is 3.52. The zero-order chi connectivity index (χ0) is 20.7. The summed E-state index contributed by atoms with van der Waals surface area (Å²) in [6.07, 6.45) is 0. The number of nitrogens with two attached hydrogens (primary N) is 1. The van der Waals surface area contributed by atoms with Gasteiger partial charge in [-0.25, -0.2) is 9.59 Å². The van der Waals surface area contributed by atoms with E-state index in [1.807, 2.05) is 0 Å². The fourth-order valence-corrected chi connectivity index (χ4v) is 3.36. The fourth-order valence-electron chi connectivity index (χ4n) is 3.12. The molecule has 9 heteroatoms. The largest absolute Gasteiger partial charge is 0.466 e. The molecule has 29 heavy (non-hydrogen) atoms. The Balaban J connectivity index is 0.00000420. The Labute approximate surface area is 181 Å². The minimum absolute atomic E-state index is 0. The molecule has 0 bridgehead atoms. The lowest BCUT2D eigenvalue weighted by molar-refractivity contribution is -0.139. The summed E-state index contributed by atoms with van der Waals surface area (Å²) >= 11 is 6.42. The van der Waals surface area contributed by atoms with Crippen molar-refractivity contribution >= 4 is 35.9 Å². The molecule has 0 saturated heterocycles. The van der Waals surface area contributed by atoms with Crippen LogP contribution in [0, 0.1) is 0 Å². The van der Waals surface area contributed by atoms with Gasteiger partial charge in [0.15, 0.2) is 0 Å². The number of hydrogen-bond donors (Lipinski definition) is 2. The number of hydrogen-bond acceptors (Lipinski definition) is 7. The summed E-state index contributed by atoms with van der Waals surface area (Å²) in [5.74, 6) is -1.86. The topological polar surface area (TPSA) is 99.9 Å². The van der Waals surface area contributed by atoms with Crippen molar-refractivity contribution in [2.24, 2.45) is 5.73 Å². The Morgan fingerprint density at radius 2 is 1.90 bits per heavy atom. The number of carbonyl (C=O) groups is 2. The molecule has 2 rings (SSSR count). The van der Waals surface area contributed by atoms with Gasteiger partial charge in [0.05, 0.1) is 49.7 Å². The predicted octanol–water partition coefficient (Wildman–Crippen LogP) is 2.69. The lowest BCUT2D eigenvalue weighted by Crippen LogP contribution is -2.35. The van der Waals surface area contributed by atoms with Crippen molar-refractivity contribution < 1.29 is 23.8 Å². The van der Waals surface area contributed by atoms with Crippen LogP contribution in [0.25, 0.3) is 0 Å². The van der Waals surface area contributed by atoms with Crippen LogP contribution in [-0.2, 0) is 23.8 Å². The van der Waals surface area contributed by atoms with Gasteiger partial charge in [0.1, 0.15) is 0 Å². The molecule has 3 N–H and O–H groups in total. The molecule has 0 spiro atoms. The third-order valence-electron chi connectivity index (χ3n) is 4.27. The van der Waals surface area contributed by atoms with E-state index in [2.05, 4.69) is 5.32 Å². The van der Waals surface area contributed by atoms with Crippen LogP contribution in [0.2, 0.25) is 5.02 Å². The second-order valence-electron chi connectivity index (χ2n) is 6.06. The van der Waals surface area contributed by atoms with E-state index < -0.39 is 17.9 Å². The minimum atomic E-state index is -0.752. The van der Waals surface area contributed by atoms with Crippen LogP contribution in [0.4, 0.5) is 0 Å². The molecule has 7 nitrogen and oxygen atoms in total. The molecule has 1 heterocycles. The number of rotatable bonds is 8. The average molecular weight is 445 g/mol. The number of halogens is 2. The Hall–Kier alpha value is -2.06. The molecule has 0 aliphatic carbocycles. The highest BCUT2D eigenvalue weighted by Gasteiger charge is 2.39. The number of carbonyl (C=O) groups excluding carboxylic acids is 2. The Bertz CT molecular complexity index is 808. The highest BCUT2D eigenvalue weighted by molar-refractivity contribution is 6.31. The number of esters is 2. The Kier molecular flexibility index (Phi) is 10.2. The maximum Gasteiger partial charge on any atom is 0.336 e. The Morgan fingerprint density at radius 3 is 2.48 bits per heavy atom. The number of dihydropyridines is 1. The highest BCUT2D eigenvalue weighted by Crippen LogP contribution is 2.41. The van der Waals surface area contributed by atoms with Gasteiger partial charge in [0.25, 0.3) is 0 Å². The maximum absolute atomic E-state index is 12.9. The minimum Gasteiger partial charge on any atom is -0.466 e. The number of methoxy groups -OCH3 is 1. The van der Waals surface area contributed by atoms with Crippen molar-refractivity contribution in [1.82, 2.24) is 5.32 Å². The summed E-state index contributed by atoms with van der Waals surface area (Å²) in [4.78, 5) is 25.5. The number of nitrogens with one attached hydrogen (secondary N) is 1. The van der Waals surface area contributed by atoms with E-state index in [0.29, 0.717) is 40.7 Å². The zero-order valence-electron chi connectivity index (χ0n) is 16.6. The van der Waals surface area contributed by atoms with E-state index in [1.165, 1.54) is 7.11 Å². The number of ether oxygens (including phenoxy) is 3. The number of benzene rings is 1. The van der Waals surface area contributed by atoms with Crippen LogP contribution in [0.5, 0.6) is 0 Å². The summed E-state index contributed by atoms with van der Waals surface area (Å²) in [6, 6.07) is 7.05. The van der Waals surface area contributed by atoms with Crippen LogP contribution in [-0.4, -0.2) is 45.4 Å². The molecule has 0 amide bonds. The monoisotopic (exact) mass is 444 g/mol. The molecule has 1 aliphatic heterocycles. The first-order valence-electron chi connectivity index (χ1n) is 8.94. The van der Waals surface area contributed by atoms with Crippen molar-refractivity contribution in [1.29, 1.82) is 0 Å². The molecular formula is C20H26Cl2N2O5. The first kappa shape index (κ1) is 25.0. The van der Waals surface area contributed by atoms with Gasteiger partial charge in [-0.1, -0.05) is 29.8 Å². The second-order valence-corrected chi connectivity index (χ2v) is 6.47. The van der Waals surface area contributed by atoms with Gasteiger partial charge in [-0.2, -0.15) is 0 Å². The lowest BCUT2D eigenvalue weighted by Gasteiger charge is -2.31. The third-order valence-corrected chi connectivity index (χ3v) is 4.61. The molecule has 1 aromatic rings. The molecule has 1 atom stereocenters. The third kappa shape index (κ3) is 5.73. The van der Waals surface area contributed by atoms with E-state index in [9.17, 15) is 9.59 Å². The van der Waals surface area contributed by atoms with Crippen molar-refractivity contribution in [3.63, 3.8) is 0 Å². The van der Waals surface area contributed by atoms with Gasteiger partial charge in [-0.3, -0.25) is 0 Å². The van der Waals surface area contributed by atoms with Gasteiger partial charge in [-0.15, -0.1) is 12.4 Å². The van der Waals surface area contributed by atoms with E-state index >= 15 is 0 Å². The van der Waals surface area contributed by atoms with Crippen molar-refractivity contribution in [2.75, 3.05) is 33.5 Å². The van der Waals surface area contributed by atoms with Gasteiger partial charge >= 0.3 is 11.9 Å². The van der Waals surface area contributed by atoms with E-state index in [0.717, 1.165) is 0 Å². The van der Waals surface area contributed by atoms with Crippen LogP contribution in [0.3, 0.4) is 0 Å². The smallest absolute Gasteiger partial charge is 0.336 e. The summed E-state index contributed by atoms with van der Waals surface area (Å²) in [6.45, 7) is 4.42. The van der Waals surface area contributed by atoms with Crippen molar-refractivity contribution in [2.45, 2.75) is 19.8 Å². The lowest BCUT2D eigenvalue weighted by atomic mass is 9.80. The fraction of sp³-hybridized carbons (Fsp3) is 0.400. The summed E-state index contributed by atoms with van der Waals surface area (Å²) in [7, 11) is 1.29. The van der Waals surface area contributed by atoms with Crippen LogP contribution < -0.4 is 11.1 Å². The molecule has 0 saturated carbocycles. The zero-order valence-corrected chi connectivity index (χ0v) is 18.2. The normalized spacial score (nSPS) is 16.1. The molecule has 160 valence electrons. The van der Waals surface area contributed by atoms with E-state index in [1.54, 1.807) is 38.1 Å². The standard InChI is InChI=1S/C20H25ClN2O5.ClH/c1-4-28-20(25)18-15(11-27-10-9-22)23-12(2)16(19(24)26-3)17(18)13-7-5-6-8-14(13)21;/h5-8,17,23H,4,9-11,22H2,1-3H3;1H.